The normalized spacial score (nSPS) is 10.1. The molecule has 88 valence electrons. The number of nitrogen functional groups attached to an aromatic ring is 1. The van der Waals surface area contributed by atoms with Crippen molar-refractivity contribution in [2.45, 2.75) is 26.2 Å². The van der Waals surface area contributed by atoms with Crippen molar-refractivity contribution in [3.63, 3.8) is 0 Å². The number of amides is 1. The Morgan fingerprint density at radius 3 is 2.88 bits per heavy atom. The fourth-order valence-corrected chi connectivity index (χ4v) is 1.50. The van der Waals surface area contributed by atoms with Crippen molar-refractivity contribution in [1.82, 2.24) is 9.88 Å². The number of anilines is 1. The Morgan fingerprint density at radius 2 is 2.25 bits per heavy atom. The molecule has 1 aromatic rings. The molecule has 0 aliphatic heterocycles. The summed E-state index contributed by atoms with van der Waals surface area (Å²) < 4.78 is 0. The topological polar surface area (TPSA) is 59.2 Å². The first-order valence-corrected chi connectivity index (χ1v) is 5.62. The van der Waals surface area contributed by atoms with Gasteiger partial charge in [0.1, 0.15) is 5.82 Å². The van der Waals surface area contributed by atoms with Crippen LogP contribution in [0.3, 0.4) is 0 Å². The third-order valence-electron chi connectivity index (χ3n) is 2.47. The number of nitrogens with two attached hydrogens (primary N) is 1. The van der Waals surface area contributed by atoms with Crippen molar-refractivity contribution in [2.75, 3.05) is 19.3 Å². The minimum Gasteiger partial charge on any atom is -0.384 e. The van der Waals surface area contributed by atoms with Crippen LogP contribution in [-0.2, 0) is 0 Å². The van der Waals surface area contributed by atoms with Crippen molar-refractivity contribution in [3.8, 4) is 0 Å². The number of rotatable bonds is 5. The lowest BCUT2D eigenvalue weighted by molar-refractivity contribution is 0.0792. The summed E-state index contributed by atoms with van der Waals surface area (Å²) in [5, 5.41) is 0. The molecule has 0 fully saturated rings. The Hall–Kier alpha value is -1.58. The summed E-state index contributed by atoms with van der Waals surface area (Å²) in [6, 6.07) is 3.30. The SMILES string of the molecule is CCCCCN(C)C(=O)c1ccnc(N)c1. The van der Waals surface area contributed by atoms with Crippen molar-refractivity contribution in [1.29, 1.82) is 0 Å². The molecule has 0 aliphatic carbocycles. The fourth-order valence-electron chi connectivity index (χ4n) is 1.50. The molecule has 1 heterocycles. The average Bonchev–Trinajstić information content (AvgIpc) is 2.28. The van der Waals surface area contributed by atoms with E-state index in [1.807, 2.05) is 7.05 Å². The van der Waals surface area contributed by atoms with Gasteiger partial charge in [-0.2, -0.15) is 0 Å². The maximum Gasteiger partial charge on any atom is 0.253 e. The van der Waals surface area contributed by atoms with Gasteiger partial charge in [0.05, 0.1) is 0 Å². The summed E-state index contributed by atoms with van der Waals surface area (Å²) >= 11 is 0. The Balaban J connectivity index is 2.56. The average molecular weight is 221 g/mol. The molecular weight excluding hydrogens is 202 g/mol. The van der Waals surface area contributed by atoms with E-state index in [1.165, 1.54) is 0 Å². The molecule has 0 atom stereocenters. The van der Waals surface area contributed by atoms with Crippen LogP contribution in [0.15, 0.2) is 18.3 Å². The monoisotopic (exact) mass is 221 g/mol. The molecule has 1 aromatic heterocycles. The lowest BCUT2D eigenvalue weighted by Gasteiger charge is -2.16. The molecule has 2 N–H and O–H groups in total. The van der Waals surface area contributed by atoms with Crippen molar-refractivity contribution in [3.05, 3.63) is 23.9 Å². The van der Waals surface area contributed by atoms with Crippen molar-refractivity contribution < 1.29 is 4.79 Å². The number of hydrogen-bond acceptors (Lipinski definition) is 3. The molecule has 4 heteroatoms. The van der Waals surface area contributed by atoms with Crippen LogP contribution >= 0.6 is 0 Å². The first-order valence-electron chi connectivity index (χ1n) is 5.62. The minimum absolute atomic E-state index is 0.00482. The highest BCUT2D eigenvalue weighted by molar-refractivity contribution is 5.94. The maximum atomic E-state index is 11.9. The number of carbonyl (C=O) groups is 1. The molecule has 0 aromatic carbocycles. The van der Waals surface area contributed by atoms with E-state index < -0.39 is 0 Å². The van der Waals surface area contributed by atoms with Crippen LogP contribution in [0.2, 0.25) is 0 Å². The summed E-state index contributed by atoms with van der Waals surface area (Å²) in [5.74, 6) is 0.387. The van der Waals surface area contributed by atoms with Gasteiger partial charge in [-0.05, 0) is 18.6 Å². The largest absolute Gasteiger partial charge is 0.384 e. The number of aromatic nitrogens is 1. The molecular formula is C12H19N3O. The summed E-state index contributed by atoms with van der Waals surface area (Å²) in [4.78, 5) is 17.5. The Labute approximate surface area is 96.5 Å². The molecule has 0 radical (unpaired) electrons. The Bertz CT molecular complexity index is 352. The van der Waals surface area contributed by atoms with E-state index in [4.69, 9.17) is 5.73 Å². The van der Waals surface area contributed by atoms with Gasteiger partial charge < -0.3 is 10.6 Å². The maximum absolute atomic E-state index is 11.9. The minimum atomic E-state index is 0.00482. The number of hydrogen-bond donors (Lipinski definition) is 1. The van der Waals surface area contributed by atoms with Crippen LogP contribution in [0.1, 0.15) is 36.5 Å². The van der Waals surface area contributed by atoms with Gasteiger partial charge in [0.15, 0.2) is 0 Å². The van der Waals surface area contributed by atoms with Gasteiger partial charge in [-0.25, -0.2) is 4.98 Å². The van der Waals surface area contributed by atoms with Gasteiger partial charge in [-0.15, -0.1) is 0 Å². The molecule has 0 aliphatic rings. The second-order valence-electron chi connectivity index (χ2n) is 3.90. The summed E-state index contributed by atoms with van der Waals surface area (Å²) in [7, 11) is 1.81. The second kappa shape index (κ2) is 6.10. The molecule has 1 rings (SSSR count). The molecule has 16 heavy (non-hydrogen) atoms. The van der Waals surface area contributed by atoms with E-state index in [0.29, 0.717) is 11.4 Å². The summed E-state index contributed by atoms with van der Waals surface area (Å²) in [6.07, 6.45) is 4.90. The Morgan fingerprint density at radius 1 is 1.50 bits per heavy atom. The number of unbranched alkanes of at least 4 members (excludes halogenated alkanes) is 2. The van der Waals surface area contributed by atoms with Crippen LogP contribution in [-0.4, -0.2) is 29.4 Å². The van der Waals surface area contributed by atoms with Crippen LogP contribution in [0.25, 0.3) is 0 Å². The van der Waals surface area contributed by atoms with Gasteiger partial charge in [-0.1, -0.05) is 19.8 Å². The van der Waals surface area contributed by atoms with E-state index >= 15 is 0 Å². The van der Waals surface area contributed by atoms with Crippen LogP contribution in [0.5, 0.6) is 0 Å². The predicted molar refractivity (Wildman–Crippen MR) is 65.1 cm³/mol. The first kappa shape index (κ1) is 12.5. The first-order chi connectivity index (χ1) is 7.65. The highest BCUT2D eigenvalue weighted by atomic mass is 16.2. The summed E-state index contributed by atoms with van der Waals surface area (Å²) in [6.45, 7) is 2.93. The third-order valence-corrected chi connectivity index (χ3v) is 2.47. The highest BCUT2D eigenvalue weighted by Gasteiger charge is 2.11. The molecule has 1 amide bonds. The van der Waals surface area contributed by atoms with E-state index in [9.17, 15) is 4.79 Å². The smallest absolute Gasteiger partial charge is 0.253 e. The highest BCUT2D eigenvalue weighted by Crippen LogP contribution is 2.07. The molecule has 0 spiro atoms. The van der Waals surface area contributed by atoms with Gasteiger partial charge in [0.2, 0.25) is 0 Å². The van der Waals surface area contributed by atoms with E-state index in [-0.39, 0.29) is 5.91 Å². The predicted octanol–water partition coefficient (Wildman–Crippen LogP) is 1.93. The zero-order chi connectivity index (χ0) is 12.0. The quantitative estimate of drug-likeness (QED) is 0.773. The van der Waals surface area contributed by atoms with Crippen molar-refractivity contribution in [2.24, 2.45) is 0 Å². The number of nitrogens with zero attached hydrogens (tertiary/aromatic N) is 2. The Kier molecular flexibility index (Phi) is 4.76. The van der Waals surface area contributed by atoms with Crippen LogP contribution in [0.4, 0.5) is 5.82 Å². The van der Waals surface area contributed by atoms with Crippen LogP contribution in [0, 0.1) is 0 Å². The molecule has 0 saturated heterocycles. The molecule has 0 unspecified atom stereocenters. The van der Waals surface area contributed by atoms with Gasteiger partial charge in [0.25, 0.3) is 5.91 Å². The second-order valence-corrected chi connectivity index (χ2v) is 3.90. The number of carbonyl (C=O) groups excluding carboxylic acids is 1. The van der Waals surface area contributed by atoms with Gasteiger partial charge in [-0.3, -0.25) is 4.79 Å². The number of pyridine rings is 1. The van der Waals surface area contributed by atoms with E-state index in [0.717, 1.165) is 25.8 Å². The van der Waals surface area contributed by atoms with E-state index in [1.54, 1.807) is 23.2 Å². The molecule has 0 bridgehead atoms. The lowest BCUT2D eigenvalue weighted by Crippen LogP contribution is -2.27. The van der Waals surface area contributed by atoms with Crippen LogP contribution < -0.4 is 5.73 Å². The lowest BCUT2D eigenvalue weighted by atomic mass is 10.2. The standard InChI is InChI=1S/C12H19N3O/c1-3-4-5-8-15(2)12(16)10-6-7-14-11(13)9-10/h6-7,9H,3-5,8H2,1-2H3,(H2,13,14). The molecule has 4 nitrogen and oxygen atoms in total. The molecule has 0 saturated carbocycles. The van der Waals surface area contributed by atoms with E-state index in [2.05, 4.69) is 11.9 Å². The third kappa shape index (κ3) is 3.53. The fraction of sp³-hybridized carbons (Fsp3) is 0.500. The summed E-state index contributed by atoms with van der Waals surface area (Å²) in [5.41, 5.74) is 6.14. The van der Waals surface area contributed by atoms with Gasteiger partial charge in [0, 0.05) is 25.4 Å². The van der Waals surface area contributed by atoms with Gasteiger partial charge >= 0.3 is 0 Å². The zero-order valence-electron chi connectivity index (χ0n) is 9.94. The zero-order valence-corrected chi connectivity index (χ0v) is 9.94. The van der Waals surface area contributed by atoms with Crippen molar-refractivity contribution >= 4 is 11.7 Å².